The number of rotatable bonds is 73. The van der Waals surface area contributed by atoms with Crippen molar-refractivity contribution in [3.63, 3.8) is 0 Å². The van der Waals surface area contributed by atoms with E-state index in [4.69, 9.17) is 37.0 Å². The summed E-state index contributed by atoms with van der Waals surface area (Å²) in [6.07, 6.45) is 49.9. The number of phosphoric acid groups is 2. The van der Waals surface area contributed by atoms with E-state index in [2.05, 4.69) is 55.4 Å². The van der Waals surface area contributed by atoms with Gasteiger partial charge in [0.2, 0.25) is 0 Å². The second-order valence-corrected chi connectivity index (χ2v) is 31.7. The Labute approximate surface area is 581 Å². The average Bonchev–Trinajstić information content (AvgIpc) is 1.75. The highest BCUT2D eigenvalue weighted by molar-refractivity contribution is 7.47. The van der Waals surface area contributed by atoms with Crippen LogP contribution in [0.15, 0.2) is 0 Å². The standard InChI is InChI=1S/C76H148O17P2/c1-9-68(7)54-46-38-30-21-18-19-23-34-42-50-58-75(80)92-71(62-86-73(78)56-48-40-32-22-17-15-13-11-12-14-16-20-28-36-44-52-66(3)4)64-90-94(82,83)88-60-70(77)61-89-95(84,85)91-65-72(63-87-74(79)57-49-41-33-26-24-29-37-45-53-67(5)6)93-76(81)59-51-43-35-27-25-31-39-47-55-69(8)10-2/h66-72,77H,9-65H2,1-8H3,(H,82,83)(H,84,85)/t68?,69?,70?,71-,72-/m1/s1. The summed E-state index contributed by atoms with van der Waals surface area (Å²) in [4.78, 5) is 72.8. The Morgan fingerprint density at radius 3 is 0.747 bits per heavy atom. The minimum Gasteiger partial charge on any atom is -0.462 e. The Hall–Kier alpha value is -1.94. The van der Waals surface area contributed by atoms with Gasteiger partial charge < -0.3 is 33.8 Å². The molecule has 0 aromatic carbocycles. The Morgan fingerprint density at radius 2 is 0.505 bits per heavy atom. The second-order valence-electron chi connectivity index (χ2n) is 28.8. The van der Waals surface area contributed by atoms with E-state index in [0.29, 0.717) is 25.7 Å². The first kappa shape index (κ1) is 93.1. The Kier molecular flexibility index (Phi) is 64.0. The molecule has 3 N–H and O–H groups in total. The second kappa shape index (κ2) is 65.4. The van der Waals surface area contributed by atoms with Gasteiger partial charge in [-0.2, -0.15) is 0 Å². The summed E-state index contributed by atoms with van der Waals surface area (Å²) in [7, 11) is -9.91. The number of esters is 4. The summed E-state index contributed by atoms with van der Waals surface area (Å²) < 4.78 is 68.5. The van der Waals surface area contributed by atoms with E-state index in [1.165, 1.54) is 186 Å². The van der Waals surface area contributed by atoms with Crippen LogP contribution < -0.4 is 0 Å². The zero-order valence-electron chi connectivity index (χ0n) is 62.3. The molecule has 5 unspecified atom stereocenters. The largest absolute Gasteiger partial charge is 0.472 e. The molecular formula is C76H148O17P2. The van der Waals surface area contributed by atoms with Crippen molar-refractivity contribution in [3.8, 4) is 0 Å². The van der Waals surface area contributed by atoms with Crippen molar-refractivity contribution in [2.45, 2.75) is 401 Å². The third kappa shape index (κ3) is 67.6. The molecule has 0 spiro atoms. The molecular weight excluding hydrogens is 1250 g/mol. The van der Waals surface area contributed by atoms with E-state index in [-0.39, 0.29) is 25.7 Å². The molecule has 564 valence electrons. The first-order valence-electron chi connectivity index (χ1n) is 39.3. The summed E-state index contributed by atoms with van der Waals surface area (Å²) >= 11 is 0. The molecule has 19 heteroatoms. The van der Waals surface area contributed by atoms with Gasteiger partial charge in [-0.25, -0.2) is 9.13 Å². The minimum atomic E-state index is -4.96. The number of aliphatic hydroxyl groups is 1. The third-order valence-electron chi connectivity index (χ3n) is 18.3. The fraction of sp³-hybridized carbons (Fsp3) is 0.947. The van der Waals surface area contributed by atoms with Crippen LogP contribution in [0.2, 0.25) is 0 Å². The number of aliphatic hydroxyl groups excluding tert-OH is 1. The maximum absolute atomic E-state index is 13.1. The molecule has 17 nitrogen and oxygen atoms in total. The molecule has 0 heterocycles. The zero-order valence-corrected chi connectivity index (χ0v) is 64.1. The van der Waals surface area contributed by atoms with Gasteiger partial charge in [-0.15, -0.1) is 0 Å². The molecule has 0 aliphatic heterocycles. The molecule has 0 amide bonds. The minimum absolute atomic E-state index is 0.104. The van der Waals surface area contributed by atoms with Crippen LogP contribution in [0.4, 0.5) is 0 Å². The van der Waals surface area contributed by atoms with Crippen LogP contribution in [0.25, 0.3) is 0 Å². The molecule has 0 aromatic heterocycles. The van der Waals surface area contributed by atoms with Gasteiger partial charge in [-0.05, 0) is 49.4 Å². The van der Waals surface area contributed by atoms with Gasteiger partial charge in [-0.3, -0.25) is 37.3 Å². The third-order valence-corrected chi connectivity index (χ3v) is 20.2. The van der Waals surface area contributed by atoms with Crippen molar-refractivity contribution in [3.05, 3.63) is 0 Å². The normalized spacial score (nSPS) is 14.7. The Bertz CT molecular complexity index is 1870. The van der Waals surface area contributed by atoms with Crippen molar-refractivity contribution in [1.82, 2.24) is 0 Å². The van der Waals surface area contributed by atoms with Crippen LogP contribution in [0, 0.1) is 23.7 Å². The molecule has 0 aliphatic rings. The van der Waals surface area contributed by atoms with E-state index >= 15 is 0 Å². The number of carbonyl (C=O) groups excluding carboxylic acids is 4. The molecule has 95 heavy (non-hydrogen) atoms. The SMILES string of the molecule is CCC(C)CCCCCCCCCCCCC(=O)O[C@H](COC(=O)CCCCCCCCCCCCCCCCCC(C)C)COP(=O)(O)OCC(O)COP(=O)(O)OC[C@@H](COC(=O)CCCCCCCCCCC(C)C)OC(=O)CCCCCCCCCCC(C)CC. The summed E-state index contributed by atoms with van der Waals surface area (Å²) in [5.74, 6) is 0.983. The monoisotopic (exact) mass is 1400 g/mol. The van der Waals surface area contributed by atoms with Gasteiger partial charge in [0, 0.05) is 25.7 Å². The lowest BCUT2D eigenvalue weighted by atomic mass is 9.99. The smallest absolute Gasteiger partial charge is 0.462 e. The van der Waals surface area contributed by atoms with Crippen LogP contribution in [-0.4, -0.2) is 96.7 Å². The highest BCUT2D eigenvalue weighted by atomic mass is 31.2. The first-order valence-corrected chi connectivity index (χ1v) is 42.3. The van der Waals surface area contributed by atoms with Gasteiger partial charge in [0.05, 0.1) is 26.4 Å². The maximum Gasteiger partial charge on any atom is 0.472 e. The van der Waals surface area contributed by atoms with E-state index in [1.807, 2.05) is 0 Å². The molecule has 0 aliphatic carbocycles. The van der Waals surface area contributed by atoms with E-state index in [0.717, 1.165) is 114 Å². The topological polar surface area (TPSA) is 237 Å². The number of ether oxygens (including phenoxy) is 4. The number of unbranched alkanes of at least 4 members (excludes halogenated alkanes) is 37. The van der Waals surface area contributed by atoms with E-state index in [1.54, 1.807) is 0 Å². The van der Waals surface area contributed by atoms with Crippen molar-refractivity contribution in [1.29, 1.82) is 0 Å². The van der Waals surface area contributed by atoms with Crippen molar-refractivity contribution in [2.24, 2.45) is 23.7 Å². The van der Waals surface area contributed by atoms with Crippen LogP contribution in [0.5, 0.6) is 0 Å². The van der Waals surface area contributed by atoms with Crippen LogP contribution in [0.1, 0.15) is 383 Å². The van der Waals surface area contributed by atoms with Crippen LogP contribution >= 0.6 is 15.6 Å². The summed E-state index contributed by atoms with van der Waals surface area (Å²) in [5, 5.41) is 10.6. The number of carbonyl (C=O) groups is 4. The fourth-order valence-corrected chi connectivity index (χ4v) is 13.1. The van der Waals surface area contributed by atoms with Gasteiger partial charge in [0.25, 0.3) is 0 Å². The number of hydrogen-bond acceptors (Lipinski definition) is 15. The lowest BCUT2D eigenvalue weighted by Crippen LogP contribution is -2.30. The Morgan fingerprint density at radius 1 is 0.295 bits per heavy atom. The van der Waals surface area contributed by atoms with Gasteiger partial charge >= 0.3 is 39.5 Å². The maximum atomic E-state index is 13.1. The van der Waals surface area contributed by atoms with Crippen molar-refractivity contribution in [2.75, 3.05) is 39.6 Å². The summed E-state index contributed by atoms with van der Waals surface area (Å²) in [6.45, 7) is 14.2. The summed E-state index contributed by atoms with van der Waals surface area (Å²) in [6, 6.07) is 0. The van der Waals surface area contributed by atoms with Crippen LogP contribution in [0.3, 0.4) is 0 Å². The average molecular weight is 1400 g/mol. The number of hydrogen-bond donors (Lipinski definition) is 3. The molecule has 0 radical (unpaired) electrons. The lowest BCUT2D eigenvalue weighted by molar-refractivity contribution is -0.161. The molecule has 0 fully saturated rings. The van der Waals surface area contributed by atoms with Gasteiger partial charge in [-0.1, -0.05) is 331 Å². The predicted octanol–water partition coefficient (Wildman–Crippen LogP) is 22.0. The number of phosphoric ester groups is 2. The highest BCUT2D eigenvalue weighted by Crippen LogP contribution is 2.45. The molecule has 0 rings (SSSR count). The summed E-state index contributed by atoms with van der Waals surface area (Å²) in [5.41, 5.74) is 0. The molecule has 0 saturated heterocycles. The van der Waals surface area contributed by atoms with E-state index in [9.17, 15) is 43.2 Å². The van der Waals surface area contributed by atoms with Crippen molar-refractivity contribution < 1.29 is 80.2 Å². The van der Waals surface area contributed by atoms with Gasteiger partial charge in [0.15, 0.2) is 12.2 Å². The predicted molar refractivity (Wildman–Crippen MR) is 386 cm³/mol. The zero-order chi connectivity index (χ0) is 70.3. The quantitative estimate of drug-likeness (QED) is 0.0222. The van der Waals surface area contributed by atoms with Gasteiger partial charge in [0.1, 0.15) is 19.3 Å². The first-order chi connectivity index (χ1) is 45.7. The lowest BCUT2D eigenvalue weighted by Gasteiger charge is -2.21. The molecule has 7 atom stereocenters. The van der Waals surface area contributed by atoms with E-state index < -0.39 is 97.5 Å². The molecule has 0 bridgehead atoms. The molecule has 0 aromatic rings. The molecule has 0 saturated carbocycles. The Balaban J connectivity index is 5.25. The highest BCUT2D eigenvalue weighted by Gasteiger charge is 2.30. The van der Waals surface area contributed by atoms with Crippen LogP contribution in [-0.2, 0) is 65.4 Å². The van der Waals surface area contributed by atoms with Crippen molar-refractivity contribution >= 4 is 39.5 Å². The fourth-order valence-electron chi connectivity index (χ4n) is 11.5.